The van der Waals surface area contributed by atoms with Crippen LogP contribution in [0.1, 0.15) is 49.7 Å². The second-order valence-corrected chi connectivity index (χ2v) is 23.5. The summed E-state index contributed by atoms with van der Waals surface area (Å²) in [6.45, 7) is -0.115. The Bertz CT molecular complexity index is 3220. The number of ether oxygens (including phenoxy) is 1. The molecule has 1 saturated heterocycles. The molecule has 5 heterocycles. The zero-order chi connectivity index (χ0) is 59.6. The zero-order valence-electron chi connectivity index (χ0n) is 42.3. The van der Waals surface area contributed by atoms with Crippen molar-refractivity contribution in [2.75, 3.05) is 60.3 Å². The number of carboxylic acid groups (broad SMARTS) is 1. The van der Waals surface area contributed by atoms with E-state index in [1.807, 2.05) is 0 Å². The average molecular weight is 1220 g/mol. The number of carbonyl (C=O) groups excluding carboxylic acids is 5. The number of H-pyrrole nitrogens is 1. The minimum absolute atomic E-state index is 0.00129. The van der Waals surface area contributed by atoms with E-state index in [0.717, 1.165) is 22.1 Å². The first-order valence-corrected chi connectivity index (χ1v) is 29.1. The van der Waals surface area contributed by atoms with Crippen LogP contribution in [0.25, 0.3) is 11.2 Å². The molecule has 6 rings (SSSR count). The summed E-state index contributed by atoms with van der Waals surface area (Å²) >= 11 is 0.700. The maximum Gasteiger partial charge on any atom is 0.481 e. The molecule has 1 aromatic carbocycles. The fourth-order valence-electron chi connectivity index (χ4n) is 7.57. The molecule has 0 radical (unpaired) electrons. The molecule has 9 unspecified atom stereocenters. The Morgan fingerprint density at radius 3 is 2.37 bits per heavy atom. The van der Waals surface area contributed by atoms with Crippen molar-refractivity contribution in [1.82, 2.24) is 45.4 Å². The van der Waals surface area contributed by atoms with Crippen LogP contribution in [0.4, 0.5) is 29.0 Å². The SMILES string of the molecule is CC(C)(COP(=O)(O)OP(=O)(O)OCC1OC(n2cnc3c(N)ncnc32)C(O)C1OP(=O)(O)O)C(O)C(=O)NCCC(=O)NCCSC(=O)C(CCC(=O)O)NC(=O)c1ccc(NCC2C=Nc3nc(N)[nH]c(=O)c3N2C=O)cc1. The lowest BCUT2D eigenvalue weighted by Gasteiger charge is -2.30. The first kappa shape index (κ1) is 63.5. The molecule has 2 aliphatic rings. The summed E-state index contributed by atoms with van der Waals surface area (Å²) in [6.07, 6.45) is -6.32. The molecule has 81 heavy (non-hydrogen) atoms. The lowest BCUT2D eigenvalue weighted by atomic mass is 9.87. The van der Waals surface area contributed by atoms with Crippen molar-refractivity contribution in [3.63, 3.8) is 0 Å². The number of anilines is 4. The van der Waals surface area contributed by atoms with Gasteiger partial charge in [-0.05, 0) is 30.7 Å². The van der Waals surface area contributed by atoms with Gasteiger partial charge in [-0.2, -0.15) is 9.29 Å². The Morgan fingerprint density at radius 1 is 0.988 bits per heavy atom. The number of carboxylic acids is 1. The maximum atomic E-state index is 13.2. The molecule has 0 aliphatic carbocycles. The van der Waals surface area contributed by atoms with Crippen molar-refractivity contribution in [3.05, 3.63) is 52.8 Å². The summed E-state index contributed by atoms with van der Waals surface area (Å²) in [6, 6.07) is 3.97. The van der Waals surface area contributed by atoms with Gasteiger partial charge in [0, 0.05) is 61.1 Å². The number of aromatic amines is 1. The van der Waals surface area contributed by atoms with Gasteiger partial charge in [0.2, 0.25) is 29.3 Å². The van der Waals surface area contributed by atoms with Crippen molar-refractivity contribution < 1.29 is 100.0 Å². The molecule has 442 valence electrons. The fraction of sp³-hybridized carbons (Fsp3) is 0.463. The number of benzene rings is 1. The van der Waals surface area contributed by atoms with Gasteiger partial charge in [0.15, 0.2) is 29.2 Å². The number of phosphoric ester groups is 3. The van der Waals surface area contributed by atoms with Crippen LogP contribution in [0.3, 0.4) is 0 Å². The van der Waals surface area contributed by atoms with Crippen LogP contribution in [-0.2, 0) is 60.3 Å². The highest BCUT2D eigenvalue weighted by Gasteiger charge is 2.50. The van der Waals surface area contributed by atoms with Crippen molar-refractivity contribution >= 4 is 117 Å². The van der Waals surface area contributed by atoms with Crippen LogP contribution in [-0.4, -0.2) is 181 Å². The van der Waals surface area contributed by atoms with E-state index in [2.05, 4.69) is 60.0 Å². The standard InChI is InChI=1S/C41H55N14O22P3S/c1-41(2,16-74-80(71,72)77-79(69,70)73-15-24-30(76-78(66,67)68)29(60)38(75-24)54-18-50-27-32(42)48-17-49-34(27)54)31(61)37(64)45-10-9-25(57)44-11-12-81-39(65)23(7-8-26(58)59)51-35(62)20-3-5-21(6-4-20)46-13-22-14-47-33-28(55(22)19-56)36(63)53-40(43)52-33/h3-6,14,17-19,22-24,29-31,38,46,60-61H,7-13,15-16H2,1-2H3,(H,44,57)(H,45,64)(H,51,62)(H,58,59)(H,69,70)(H,71,72)(H2,42,48,49)(H2,66,67,68)(H3,43,52,53,63). The van der Waals surface area contributed by atoms with Crippen LogP contribution >= 0.6 is 35.2 Å². The summed E-state index contributed by atoms with van der Waals surface area (Å²) in [4.78, 5) is 150. The average Bonchev–Trinajstić information content (AvgIpc) is 4.18. The quantitative estimate of drug-likeness (QED) is 0.0161. The Labute approximate surface area is 460 Å². The number of thioether (sulfide) groups is 1. The van der Waals surface area contributed by atoms with Gasteiger partial charge in [-0.1, -0.05) is 25.6 Å². The number of fused-ring (bicyclic) bond motifs is 2. The number of hydrogen-bond donors (Lipinski definition) is 14. The molecule has 0 saturated carbocycles. The zero-order valence-corrected chi connectivity index (χ0v) is 45.8. The van der Waals surface area contributed by atoms with E-state index in [4.69, 9.17) is 25.3 Å². The summed E-state index contributed by atoms with van der Waals surface area (Å²) in [5.74, 6) is -3.93. The lowest BCUT2D eigenvalue weighted by Crippen LogP contribution is -2.46. The van der Waals surface area contributed by atoms with Crippen LogP contribution in [0.5, 0.6) is 0 Å². The molecule has 9 atom stereocenters. The number of aliphatic imine (C=N–C) groups is 1. The number of aromatic nitrogens is 6. The second-order valence-electron chi connectivity index (χ2n) is 18.1. The molecule has 1 fully saturated rings. The Balaban J connectivity index is 0.896. The number of hydrogen-bond acceptors (Lipinski definition) is 26. The number of rotatable bonds is 29. The minimum Gasteiger partial charge on any atom is -0.481 e. The van der Waals surface area contributed by atoms with E-state index >= 15 is 0 Å². The van der Waals surface area contributed by atoms with Gasteiger partial charge >= 0.3 is 29.4 Å². The third-order valence-corrected chi connectivity index (χ3v) is 15.7. The number of phosphoric acid groups is 3. The number of aliphatic carboxylic acids is 1. The molecule has 36 nitrogen and oxygen atoms in total. The summed E-state index contributed by atoms with van der Waals surface area (Å²) in [7, 11) is -16.6. The number of aliphatic hydroxyl groups excluding tert-OH is 2. The van der Waals surface area contributed by atoms with Crippen LogP contribution in [0.2, 0.25) is 0 Å². The Hall–Kier alpha value is -6.66. The molecule has 16 N–H and O–H groups in total. The summed E-state index contributed by atoms with van der Waals surface area (Å²) in [5.41, 5.74) is 9.54. The minimum atomic E-state index is -5.65. The van der Waals surface area contributed by atoms with Gasteiger partial charge in [-0.3, -0.25) is 61.6 Å². The number of carbonyl (C=O) groups is 6. The molecule has 0 spiro atoms. The highest BCUT2D eigenvalue weighted by Crippen LogP contribution is 2.61. The van der Waals surface area contributed by atoms with Gasteiger partial charge < -0.3 is 72.4 Å². The highest BCUT2D eigenvalue weighted by molar-refractivity contribution is 8.13. The normalized spacial score (nSPS) is 20.3. The van der Waals surface area contributed by atoms with E-state index in [1.54, 1.807) is 0 Å². The fourth-order valence-corrected chi connectivity index (χ4v) is 11.2. The van der Waals surface area contributed by atoms with Crippen molar-refractivity contribution in [2.45, 2.75) is 75.8 Å². The molecule has 3 aromatic heterocycles. The first-order valence-electron chi connectivity index (χ1n) is 23.6. The largest absolute Gasteiger partial charge is 0.481 e. The third-order valence-electron chi connectivity index (χ3n) is 11.6. The second kappa shape index (κ2) is 26.9. The predicted octanol–water partition coefficient (Wildman–Crippen LogP) is -1.85. The Morgan fingerprint density at radius 2 is 1.69 bits per heavy atom. The van der Waals surface area contributed by atoms with Crippen LogP contribution in [0.15, 0.2) is 46.7 Å². The molecule has 4 aromatic rings. The number of amides is 4. The van der Waals surface area contributed by atoms with Crippen molar-refractivity contribution in [3.8, 4) is 0 Å². The first-order chi connectivity index (χ1) is 38.0. The highest BCUT2D eigenvalue weighted by atomic mass is 32.2. The van der Waals surface area contributed by atoms with E-state index in [1.165, 1.54) is 44.3 Å². The van der Waals surface area contributed by atoms with Gasteiger partial charge in [-0.25, -0.2) is 33.6 Å². The number of aliphatic hydroxyl groups is 2. The lowest BCUT2D eigenvalue weighted by molar-refractivity contribution is -0.138. The number of nitrogens with zero attached hydrogens (tertiary/aromatic N) is 7. The summed E-state index contributed by atoms with van der Waals surface area (Å²) < 4.78 is 62.5. The van der Waals surface area contributed by atoms with E-state index in [0.29, 0.717) is 23.9 Å². The maximum absolute atomic E-state index is 13.2. The van der Waals surface area contributed by atoms with Crippen LogP contribution < -0.4 is 43.2 Å². The number of nitrogens with two attached hydrogens (primary N) is 2. The Kier molecular flexibility index (Phi) is 21.1. The molecule has 40 heteroatoms. The smallest absolute Gasteiger partial charge is 0.481 e. The number of nitrogens with one attached hydrogen (secondary N) is 5. The third kappa shape index (κ3) is 17.4. The monoisotopic (exact) mass is 1220 g/mol. The van der Waals surface area contributed by atoms with Gasteiger partial charge in [0.25, 0.3) is 11.5 Å². The molecular formula is C41H55N14O22P3S. The van der Waals surface area contributed by atoms with E-state index in [-0.39, 0.29) is 78.2 Å². The molecular weight excluding hydrogens is 1170 g/mol. The molecule has 4 amide bonds. The van der Waals surface area contributed by atoms with Crippen molar-refractivity contribution in [1.29, 1.82) is 0 Å². The van der Waals surface area contributed by atoms with Crippen molar-refractivity contribution in [2.24, 2.45) is 10.4 Å². The van der Waals surface area contributed by atoms with E-state index in [9.17, 15) is 82.2 Å². The topological polar surface area (TPSA) is 546 Å². The molecule has 0 bridgehead atoms. The molecule has 2 aliphatic heterocycles. The van der Waals surface area contributed by atoms with Gasteiger partial charge in [0.1, 0.15) is 36.3 Å². The van der Waals surface area contributed by atoms with Gasteiger partial charge in [-0.15, -0.1) is 0 Å². The van der Waals surface area contributed by atoms with E-state index < -0.39 is 126 Å². The predicted molar refractivity (Wildman–Crippen MR) is 280 cm³/mol. The number of imidazole rings is 1. The number of nitrogen functional groups attached to an aromatic ring is 2. The van der Waals surface area contributed by atoms with Crippen LogP contribution in [0, 0.1) is 5.41 Å². The summed E-state index contributed by atoms with van der Waals surface area (Å²) in [5, 5.41) is 40.7. The van der Waals surface area contributed by atoms with Gasteiger partial charge in [0.05, 0.1) is 31.6 Å².